The van der Waals surface area contributed by atoms with Crippen molar-refractivity contribution in [1.29, 1.82) is 0 Å². The Morgan fingerprint density at radius 2 is 1.05 bits per heavy atom. The maximum Gasteiger partial charge on any atom is 0.165 e. The summed E-state index contributed by atoms with van der Waals surface area (Å²) in [5.74, 6) is 1.74. The lowest BCUT2D eigenvalue weighted by molar-refractivity contribution is 0.668. The van der Waals surface area contributed by atoms with Gasteiger partial charge in [-0.3, -0.25) is 4.98 Å². The molecule has 0 fully saturated rings. The van der Waals surface area contributed by atoms with Crippen molar-refractivity contribution < 1.29 is 4.42 Å². The molecule has 8 rings (SSSR count). The summed E-state index contributed by atoms with van der Waals surface area (Å²) >= 11 is 0. The lowest BCUT2D eigenvalue weighted by atomic mass is 10.0. The van der Waals surface area contributed by atoms with Crippen LogP contribution in [0.3, 0.4) is 0 Å². The Morgan fingerprint density at radius 1 is 0.455 bits per heavy atom. The number of aryl methyl sites for hydroxylation is 1. The highest BCUT2D eigenvalue weighted by Gasteiger charge is 2.17. The van der Waals surface area contributed by atoms with Crippen molar-refractivity contribution in [3.63, 3.8) is 0 Å². The number of pyridine rings is 1. The third-order valence-corrected chi connectivity index (χ3v) is 7.84. The molecule has 0 spiro atoms. The lowest BCUT2D eigenvalue weighted by Gasteiger charge is -2.09. The summed E-state index contributed by atoms with van der Waals surface area (Å²) in [6.45, 7) is 2.11. The van der Waals surface area contributed by atoms with E-state index in [4.69, 9.17) is 24.4 Å². The summed E-state index contributed by atoms with van der Waals surface area (Å²) in [6.07, 6.45) is 1.83. The minimum absolute atomic E-state index is 0.537. The van der Waals surface area contributed by atoms with Gasteiger partial charge in [-0.25, -0.2) is 15.0 Å². The zero-order valence-corrected chi connectivity index (χ0v) is 24.0. The number of aromatic nitrogens is 4. The highest BCUT2D eigenvalue weighted by atomic mass is 16.3. The van der Waals surface area contributed by atoms with Crippen molar-refractivity contribution in [2.45, 2.75) is 6.92 Å². The van der Waals surface area contributed by atoms with Gasteiger partial charge in [0.2, 0.25) is 0 Å². The molecule has 0 atom stereocenters. The Balaban J connectivity index is 1.25. The Hall–Kier alpha value is -5.94. The van der Waals surface area contributed by atoms with Gasteiger partial charge in [-0.1, -0.05) is 127 Å². The molecule has 0 radical (unpaired) electrons. The van der Waals surface area contributed by atoms with Crippen molar-refractivity contribution >= 4 is 22.1 Å². The second-order valence-electron chi connectivity index (χ2n) is 10.8. The van der Waals surface area contributed by atoms with Crippen molar-refractivity contribution in [1.82, 2.24) is 19.9 Å². The van der Waals surface area contributed by atoms with Crippen LogP contribution in [0, 0.1) is 6.92 Å². The molecule has 0 bridgehead atoms. The molecule has 0 aliphatic rings. The van der Waals surface area contributed by atoms with Gasteiger partial charge in [0.25, 0.3) is 0 Å². The van der Waals surface area contributed by atoms with Crippen LogP contribution in [0.5, 0.6) is 0 Å². The molecular weight excluding hydrogens is 540 g/mol. The van der Waals surface area contributed by atoms with Gasteiger partial charge in [-0.2, -0.15) is 0 Å². The number of nitrogens with zero attached hydrogens (tertiary/aromatic N) is 4. The van der Waals surface area contributed by atoms with Gasteiger partial charge in [0.05, 0.1) is 5.39 Å². The fourth-order valence-corrected chi connectivity index (χ4v) is 5.66. The Morgan fingerprint density at radius 3 is 1.75 bits per heavy atom. The monoisotopic (exact) mass is 566 g/mol. The molecule has 0 N–H and O–H groups in total. The summed E-state index contributed by atoms with van der Waals surface area (Å²) in [5, 5.41) is 0.996. The van der Waals surface area contributed by atoms with Crippen LogP contribution in [-0.4, -0.2) is 19.9 Å². The van der Waals surface area contributed by atoms with Gasteiger partial charge >= 0.3 is 0 Å². The normalized spacial score (nSPS) is 11.3. The summed E-state index contributed by atoms with van der Waals surface area (Å²) in [4.78, 5) is 19.6. The van der Waals surface area contributed by atoms with Crippen molar-refractivity contribution in [3.8, 4) is 56.4 Å². The van der Waals surface area contributed by atoms with Crippen molar-refractivity contribution in [2.75, 3.05) is 0 Å². The smallest absolute Gasteiger partial charge is 0.165 e. The predicted molar refractivity (Wildman–Crippen MR) is 177 cm³/mol. The number of furan rings is 1. The first-order chi connectivity index (χ1) is 21.7. The van der Waals surface area contributed by atoms with E-state index < -0.39 is 0 Å². The lowest BCUT2D eigenvalue weighted by Crippen LogP contribution is -2.00. The molecule has 0 aliphatic carbocycles. The van der Waals surface area contributed by atoms with E-state index in [0.29, 0.717) is 23.1 Å². The Labute approximate surface area is 254 Å². The van der Waals surface area contributed by atoms with E-state index in [1.165, 1.54) is 11.1 Å². The molecule has 8 aromatic rings. The molecule has 0 amide bonds. The summed E-state index contributed by atoms with van der Waals surface area (Å²) in [6, 6.07) is 45.2. The number of rotatable bonds is 5. The maximum atomic E-state index is 6.34. The van der Waals surface area contributed by atoms with Crippen LogP contribution in [-0.2, 0) is 0 Å². The summed E-state index contributed by atoms with van der Waals surface area (Å²) < 4.78 is 6.34. The highest BCUT2D eigenvalue weighted by Crippen LogP contribution is 2.37. The van der Waals surface area contributed by atoms with Gasteiger partial charge in [-0.15, -0.1) is 0 Å². The van der Waals surface area contributed by atoms with Gasteiger partial charge in [-0.05, 0) is 41.3 Å². The minimum atomic E-state index is 0.537. The average molecular weight is 567 g/mol. The van der Waals surface area contributed by atoms with Crippen LogP contribution in [0.2, 0.25) is 0 Å². The standard InChI is InChI=1S/C39H26N4O/c1-25-10-8-15-30(22-25)26-18-20-29(21-19-26)38-41-37(28-13-6-3-7-14-28)42-39(43-38)31-23-34-36(40-24-31)35-32(16-9-17-33(35)44-34)27-11-4-2-5-12-27/h2-24H,1H3. The minimum Gasteiger partial charge on any atom is -0.454 e. The number of hydrogen-bond donors (Lipinski definition) is 0. The van der Waals surface area contributed by atoms with Crippen LogP contribution < -0.4 is 0 Å². The Bertz CT molecular complexity index is 2270. The molecule has 3 aromatic heterocycles. The van der Waals surface area contributed by atoms with E-state index in [1.807, 2.05) is 72.9 Å². The molecule has 0 saturated carbocycles. The van der Waals surface area contributed by atoms with Crippen molar-refractivity contribution in [3.05, 3.63) is 145 Å². The van der Waals surface area contributed by atoms with Gasteiger partial charge in [0.1, 0.15) is 11.1 Å². The third kappa shape index (κ3) is 4.71. The van der Waals surface area contributed by atoms with E-state index in [9.17, 15) is 0 Å². The van der Waals surface area contributed by atoms with Gasteiger partial charge < -0.3 is 4.42 Å². The van der Waals surface area contributed by atoms with E-state index in [-0.39, 0.29) is 0 Å². The molecule has 5 heteroatoms. The van der Waals surface area contributed by atoms with Crippen LogP contribution in [0.1, 0.15) is 5.56 Å². The number of fused-ring (bicyclic) bond motifs is 3. The van der Waals surface area contributed by atoms with Crippen LogP contribution in [0.15, 0.2) is 144 Å². The van der Waals surface area contributed by atoms with Gasteiger partial charge in [0, 0.05) is 22.9 Å². The van der Waals surface area contributed by atoms with Crippen molar-refractivity contribution in [2.24, 2.45) is 0 Å². The molecule has 3 heterocycles. The fraction of sp³-hybridized carbons (Fsp3) is 0.0256. The highest BCUT2D eigenvalue weighted by molar-refractivity contribution is 6.10. The van der Waals surface area contributed by atoms with Crippen LogP contribution in [0.4, 0.5) is 0 Å². The van der Waals surface area contributed by atoms with Gasteiger partial charge in [0.15, 0.2) is 23.1 Å². The van der Waals surface area contributed by atoms with E-state index in [2.05, 4.69) is 73.7 Å². The first-order valence-electron chi connectivity index (χ1n) is 14.6. The average Bonchev–Trinajstić information content (AvgIpc) is 3.47. The SMILES string of the molecule is Cc1cccc(-c2ccc(-c3nc(-c4ccccc4)nc(-c4cnc5c(c4)oc4cccc(-c6ccccc6)c45)n3)cc2)c1. The largest absolute Gasteiger partial charge is 0.454 e. The molecule has 0 aliphatic heterocycles. The third-order valence-electron chi connectivity index (χ3n) is 7.84. The molecule has 44 heavy (non-hydrogen) atoms. The van der Waals surface area contributed by atoms with E-state index >= 15 is 0 Å². The number of hydrogen-bond acceptors (Lipinski definition) is 5. The predicted octanol–water partition coefficient (Wildman–Crippen LogP) is 9.81. The quantitative estimate of drug-likeness (QED) is 0.207. The molecule has 0 unspecified atom stereocenters. The molecule has 5 nitrogen and oxygen atoms in total. The Kier molecular flexibility index (Phi) is 6.27. The first kappa shape index (κ1) is 25.7. The molecule has 208 valence electrons. The zero-order valence-electron chi connectivity index (χ0n) is 24.0. The second kappa shape index (κ2) is 10.7. The fourth-order valence-electron chi connectivity index (χ4n) is 5.66. The topological polar surface area (TPSA) is 64.7 Å². The maximum absolute atomic E-state index is 6.34. The second-order valence-corrected chi connectivity index (χ2v) is 10.8. The van der Waals surface area contributed by atoms with E-state index in [1.54, 1.807) is 0 Å². The zero-order chi connectivity index (χ0) is 29.5. The van der Waals surface area contributed by atoms with Crippen LogP contribution >= 0.6 is 0 Å². The molecule has 5 aromatic carbocycles. The first-order valence-corrected chi connectivity index (χ1v) is 14.6. The summed E-state index contributed by atoms with van der Waals surface area (Å²) in [7, 11) is 0. The molecule has 0 saturated heterocycles. The summed E-state index contributed by atoms with van der Waals surface area (Å²) in [5.41, 5.74) is 10.6. The number of benzene rings is 5. The van der Waals surface area contributed by atoms with Crippen LogP contribution in [0.25, 0.3) is 78.5 Å². The molecular formula is C39H26N4O. The van der Waals surface area contributed by atoms with E-state index in [0.717, 1.165) is 49.9 Å².